The maximum absolute atomic E-state index is 12.8. The number of benzene rings is 1. The van der Waals surface area contributed by atoms with Crippen molar-refractivity contribution in [1.29, 1.82) is 0 Å². The average molecular weight is 278 g/mol. The van der Waals surface area contributed by atoms with Gasteiger partial charge < -0.3 is 10.1 Å². The van der Waals surface area contributed by atoms with Crippen LogP contribution in [0.25, 0.3) is 0 Å². The van der Waals surface area contributed by atoms with E-state index in [2.05, 4.69) is 5.32 Å². The fourth-order valence-corrected chi connectivity index (χ4v) is 1.55. The Morgan fingerprint density at radius 3 is 2.42 bits per heavy atom. The summed E-state index contributed by atoms with van der Waals surface area (Å²) in [5.41, 5.74) is -1.77. The van der Waals surface area contributed by atoms with Crippen LogP contribution in [0.3, 0.4) is 0 Å². The highest BCUT2D eigenvalue weighted by Crippen LogP contribution is 2.41. The van der Waals surface area contributed by atoms with Gasteiger partial charge in [-0.25, -0.2) is 0 Å². The Morgan fingerprint density at radius 1 is 1.37 bits per heavy atom. The average Bonchev–Trinajstić information content (AvgIpc) is 2.28. The van der Waals surface area contributed by atoms with Crippen LogP contribution in [-0.4, -0.2) is 18.1 Å². The van der Waals surface area contributed by atoms with Crippen molar-refractivity contribution in [2.24, 2.45) is 0 Å². The first-order valence-electron chi connectivity index (χ1n) is 5.57. The summed E-state index contributed by atoms with van der Waals surface area (Å²) in [6, 6.07) is 1.50. The molecule has 0 aromatic heterocycles. The van der Waals surface area contributed by atoms with E-state index in [9.17, 15) is 23.3 Å². The number of nitrogens with one attached hydrogen (secondary N) is 1. The number of hydrogen-bond donors (Lipinski definition) is 1. The molecule has 1 aromatic carbocycles. The zero-order valence-electron chi connectivity index (χ0n) is 10.4. The predicted octanol–water partition coefficient (Wildman–Crippen LogP) is 3.44. The number of ether oxygens (including phenoxy) is 1. The van der Waals surface area contributed by atoms with Crippen LogP contribution in [0.4, 0.5) is 24.5 Å². The summed E-state index contributed by atoms with van der Waals surface area (Å²) < 4.78 is 43.3. The van der Waals surface area contributed by atoms with Gasteiger partial charge in [-0.3, -0.25) is 10.1 Å². The summed E-state index contributed by atoms with van der Waals surface area (Å²) in [4.78, 5) is 9.94. The quantitative estimate of drug-likeness (QED) is 0.662. The molecule has 0 saturated carbocycles. The zero-order chi connectivity index (χ0) is 14.6. The molecule has 5 nitrogen and oxygen atoms in total. The number of nitrogens with zero attached hydrogens (tertiary/aromatic N) is 1. The molecule has 0 fully saturated rings. The van der Waals surface area contributed by atoms with Crippen molar-refractivity contribution in [3.8, 4) is 5.75 Å². The molecule has 1 N–H and O–H groups in total. The van der Waals surface area contributed by atoms with Crippen LogP contribution in [0.15, 0.2) is 12.1 Å². The molecule has 0 aliphatic rings. The van der Waals surface area contributed by atoms with Gasteiger partial charge in [0.2, 0.25) is 0 Å². The molecule has 8 heteroatoms. The van der Waals surface area contributed by atoms with Crippen molar-refractivity contribution in [2.45, 2.75) is 20.0 Å². The largest absolute Gasteiger partial charge is 0.493 e. The first-order valence-corrected chi connectivity index (χ1v) is 5.57. The molecule has 19 heavy (non-hydrogen) atoms. The molecule has 106 valence electrons. The number of alkyl halides is 3. The van der Waals surface area contributed by atoms with Crippen LogP contribution in [0.1, 0.15) is 19.4 Å². The molecule has 0 aliphatic heterocycles. The third kappa shape index (κ3) is 3.49. The molecule has 0 aliphatic carbocycles. The zero-order valence-corrected chi connectivity index (χ0v) is 10.4. The normalized spacial score (nSPS) is 11.2. The van der Waals surface area contributed by atoms with E-state index < -0.39 is 28.1 Å². The molecular weight excluding hydrogens is 265 g/mol. The molecule has 0 saturated heterocycles. The van der Waals surface area contributed by atoms with E-state index in [0.29, 0.717) is 12.6 Å². The highest BCUT2D eigenvalue weighted by molar-refractivity contribution is 5.67. The second-order valence-corrected chi connectivity index (χ2v) is 3.58. The van der Waals surface area contributed by atoms with Gasteiger partial charge in [0, 0.05) is 18.7 Å². The van der Waals surface area contributed by atoms with Gasteiger partial charge in [-0.05, 0) is 13.8 Å². The van der Waals surface area contributed by atoms with Crippen molar-refractivity contribution in [3.63, 3.8) is 0 Å². The number of nitro benzene ring substituents is 1. The van der Waals surface area contributed by atoms with Crippen LogP contribution in [0.5, 0.6) is 5.75 Å². The molecule has 0 unspecified atom stereocenters. The molecule has 1 rings (SSSR count). The van der Waals surface area contributed by atoms with Gasteiger partial charge in [0.05, 0.1) is 11.5 Å². The number of rotatable bonds is 5. The minimum Gasteiger partial charge on any atom is -0.493 e. The number of nitro groups is 1. The standard InChI is InChI=1S/C11H13F3N2O3/c1-3-15-8-6-10(19-4-2)7(11(12,13)14)5-9(8)16(17)18/h5-6,15H,3-4H2,1-2H3. The SMILES string of the molecule is CCNc1cc(OCC)c(C(F)(F)F)cc1[N+](=O)[O-]. The lowest BCUT2D eigenvalue weighted by Gasteiger charge is -2.15. The van der Waals surface area contributed by atoms with Crippen LogP contribution in [0.2, 0.25) is 0 Å². The van der Waals surface area contributed by atoms with Gasteiger partial charge in [0.25, 0.3) is 5.69 Å². The highest BCUT2D eigenvalue weighted by atomic mass is 19.4. The van der Waals surface area contributed by atoms with Gasteiger partial charge in [-0.2, -0.15) is 13.2 Å². The Labute approximate surface area is 107 Å². The smallest absolute Gasteiger partial charge is 0.420 e. The van der Waals surface area contributed by atoms with E-state index in [1.54, 1.807) is 6.92 Å². The Kier molecular flexibility index (Phi) is 4.57. The highest BCUT2D eigenvalue weighted by Gasteiger charge is 2.37. The molecule has 0 radical (unpaired) electrons. The lowest BCUT2D eigenvalue weighted by molar-refractivity contribution is -0.384. The first kappa shape index (κ1) is 15.1. The van der Waals surface area contributed by atoms with E-state index in [1.165, 1.54) is 6.92 Å². The van der Waals surface area contributed by atoms with Crippen molar-refractivity contribution in [1.82, 2.24) is 0 Å². The Balaban J connectivity index is 3.45. The summed E-state index contributed by atoms with van der Waals surface area (Å²) in [5.74, 6) is -0.420. The summed E-state index contributed by atoms with van der Waals surface area (Å²) in [7, 11) is 0. The summed E-state index contributed by atoms with van der Waals surface area (Å²) >= 11 is 0. The third-order valence-corrected chi connectivity index (χ3v) is 2.27. The van der Waals surface area contributed by atoms with E-state index >= 15 is 0 Å². The second-order valence-electron chi connectivity index (χ2n) is 3.58. The second kappa shape index (κ2) is 5.77. The van der Waals surface area contributed by atoms with E-state index in [4.69, 9.17) is 4.74 Å². The topological polar surface area (TPSA) is 64.4 Å². The Hall–Kier alpha value is -1.99. The minimum atomic E-state index is -4.71. The van der Waals surface area contributed by atoms with E-state index in [-0.39, 0.29) is 12.3 Å². The Morgan fingerprint density at radius 2 is 2.00 bits per heavy atom. The maximum Gasteiger partial charge on any atom is 0.420 e. The van der Waals surface area contributed by atoms with Crippen molar-refractivity contribution < 1.29 is 22.8 Å². The fourth-order valence-electron chi connectivity index (χ4n) is 1.55. The first-order chi connectivity index (χ1) is 8.81. The molecule has 0 amide bonds. The van der Waals surface area contributed by atoms with Crippen LogP contribution in [-0.2, 0) is 6.18 Å². The summed E-state index contributed by atoms with van der Waals surface area (Å²) in [6.45, 7) is 3.60. The number of anilines is 1. The number of hydrogen-bond acceptors (Lipinski definition) is 4. The Bertz CT molecular complexity index is 475. The van der Waals surface area contributed by atoms with Crippen molar-refractivity contribution in [2.75, 3.05) is 18.5 Å². The number of halogens is 3. The minimum absolute atomic E-state index is 0.00366. The fraction of sp³-hybridized carbons (Fsp3) is 0.455. The van der Waals surface area contributed by atoms with Gasteiger partial charge in [0.1, 0.15) is 17.0 Å². The molecular formula is C11H13F3N2O3. The van der Waals surface area contributed by atoms with Gasteiger partial charge >= 0.3 is 6.18 Å². The van der Waals surface area contributed by atoms with Crippen LogP contribution < -0.4 is 10.1 Å². The van der Waals surface area contributed by atoms with Gasteiger partial charge in [0.15, 0.2) is 0 Å². The lowest BCUT2D eigenvalue weighted by atomic mass is 10.1. The maximum atomic E-state index is 12.8. The summed E-state index contributed by atoms with van der Waals surface area (Å²) in [6.07, 6.45) is -4.71. The van der Waals surface area contributed by atoms with Crippen LogP contribution in [0, 0.1) is 10.1 Å². The molecule has 1 aromatic rings. The predicted molar refractivity (Wildman–Crippen MR) is 63.4 cm³/mol. The van der Waals surface area contributed by atoms with Crippen LogP contribution >= 0.6 is 0 Å². The van der Waals surface area contributed by atoms with E-state index in [0.717, 1.165) is 6.07 Å². The van der Waals surface area contributed by atoms with Crippen molar-refractivity contribution in [3.05, 3.63) is 27.8 Å². The summed E-state index contributed by atoms with van der Waals surface area (Å²) in [5, 5.41) is 13.4. The monoisotopic (exact) mass is 278 g/mol. The lowest BCUT2D eigenvalue weighted by Crippen LogP contribution is -2.11. The van der Waals surface area contributed by atoms with E-state index in [1.807, 2.05) is 0 Å². The van der Waals surface area contributed by atoms with Gasteiger partial charge in [-0.15, -0.1) is 0 Å². The third-order valence-electron chi connectivity index (χ3n) is 2.27. The molecule has 0 atom stereocenters. The molecule has 0 heterocycles. The van der Waals surface area contributed by atoms with Crippen molar-refractivity contribution >= 4 is 11.4 Å². The molecule has 0 bridgehead atoms. The van der Waals surface area contributed by atoms with Gasteiger partial charge in [-0.1, -0.05) is 0 Å². The molecule has 0 spiro atoms.